The molecule has 2 aliphatic rings. The zero-order valence-electron chi connectivity index (χ0n) is 13.4. The van der Waals surface area contributed by atoms with Gasteiger partial charge in [-0.2, -0.15) is 0 Å². The van der Waals surface area contributed by atoms with E-state index in [9.17, 15) is 0 Å². The third-order valence-corrected chi connectivity index (χ3v) is 5.24. The Morgan fingerprint density at radius 3 is 2.90 bits per heavy atom. The Bertz CT molecular complexity index is 486. The summed E-state index contributed by atoms with van der Waals surface area (Å²) in [5, 5.41) is 3.77. The fourth-order valence-corrected chi connectivity index (χ4v) is 3.63. The van der Waals surface area contributed by atoms with Gasteiger partial charge in [-0.15, -0.1) is 0 Å². The van der Waals surface area contributed by atoms with Gasteiger partial charge in [0.25, 0.3) is 0 Å². The Morgan fingerprint density at radius 2 is 2.14 bits per heavy atom. The summed E-state index contributed by atoms with van der Waals surface area (Å²) >= 11 is 0. The minimum atomic E-state index is 0.237. The molecule has 0 bridgehead atoms. The molecule has 0 spiro atoms. The van der Waals surface area contributed by atoms with Crippen LogP contribution in [0.3, 0.4) is 0 Å². The molecule has 0 radical (unpaired) electrons. The highest BCUT2D eigenvalue weighted by Gasteiger charge is 2.48. The fourth-order valence-electron chi connectivity index (χ4n) is 3.63. The highest BCUT2D eigenvalue weighted by atomic mass is 16.5. The molecule has 3 unspecified atom stereocenters. The van der Waals surface area contributed by atoms with Gasteiger partial charge in [-0.05, 0) is 31.4 Å². The van der Waals surface area contributed by atoms with Crippen molar-refractivity contribution in [3.05, 3.63) is 29.8 Å². The smallest absolute Gasteiger partial charge is 0.122 e. The Labute approximate surface area is 128 Å². The lowest BCUT2D eigenvalue weighted by molar-refractivity contribution is -0.114. The molecule has 116 valence electrons. The standard InChI is InChI=1S/C18H27NO2/c1-4-20-17-11-16(18(17,2)3)19-12-13-9-10-21-15-8-6-5-7-14(13)15/h5-8,13,16-17,19H,4,9-12H2,1-3H3. The lowest BCUT2D eigenvalue weighted by Crippen LogP contribution is -2.61. The molecule has 0 amide bonds. The van der Waals surface area contributed by atoms with Crippen LogP contribution >= 0.6 is 0 Å². The van der Waals surface area contributed by atoms with Gasteiger partial charge in [0.2, 0.25) is 0 Å². The molecular weight excluding hydrogens is 262 g/mol. The first-order valence-corrected chi connectivity index (χ1v) is 8.19. The van der Waals surface area contributed by atoms with E-state index in [2.05, 4.69) is 50.4 Å². The Balaban J connectivity index is 1.58. The number of ether oxygens (including phenoxy) is 2. The van der Waals surface area contributed by atoms with Crippen molar-refractivity contribution in [2.75, 3.05) is 19.8 Å². The van der Waals surface area contributed by atoms with Crippen molar-refractivity contribution in [3.63, 3.8) is 0 Å². The van der Waals surface area contributed by atoms with Gasteiger partial charge >= 0.3 is 0 Å². The summed E-state index contributed by atoms with van der Waals surface area (Å²) < 4.78 is 11.6. The van der Waals surface area contributed by atoms with Gasteiger partial charge in [0.15, 0.2) is 0 Å². The molecule has 3 heteroatoms. The molecule has 1 fully saturated rings. The Morgan fingerprint density at radius 1 is 1.33 bits per heavy atom. The second-order valence-electron chi connectivity index (χ2n) is 6.83. The number of hydrogen-bond donors (Lipinski definition) is 1. The molecule has 3 rings (SSSR count). The van der Waals surface area contributed by atoms with Crippen LogP contribution in [0.2, 0.25) is 0 Å². The zero-order valence-corrected chi connectivity index (χ0v) is 13.4. The lowest BCUT2D eigenvalue weighted by atomic mass is 9.64. The van der Waals surface area contributed by atoms with Crippen molar-refractivity contribution in [1.82, 2.24) is 5.32 Å². The van der Waals surface area contributed by atoms with Crippen LogP contribution in [0.4, 0.5) is 0 Å². The molecule has 1 N–H and O–H groups in total. The maximum absolute atomic E-state index is 5.81. The van der Waals surface area contributed by atoms with Crippen LogP contribution < -0.4 is 10.1 Å². The van der Waals surface area contributed by atoms with Crippen LogP contribution in [0.15, 0.2) is 24.3 Å². The van der Waals surface area contributed by atoms with E-state index in [0.29, 0.717) is 18.1 Å². The van der Waals surface area contributed by atoms with Crippen molar-refractivity contribution in [3.8, 4) is 5.75 Å². The van der Waals surface area contributed by atoms with E-state index in [4.69, 9.17) is 9.47 Å². The first-order chi connectivity index (χ1) is 10.1. The van der Waals surface area contributed by atoms with Gasteiger partial charge in [-0.25, -0.2) is 0 Å². The van der Waals surface area contributed by atoms with Crippen LogP contribution in [0.5, 0.6) is 5.75 Å². The number of rotatable bonds is 5. The molecule has 1 heterocycles. The lowest BCUT2D eigenvalue weighted by Gasteiger charge is -2.52. The van der Waals surface area contributed by atoms with Gasteiger partial charge < -0.3 is 14.8 Å². The molecule has 1 aliphatic heterocycles. The molecule has 0 saturated heterocycles. The normalized spacial score (nSPS) is 30.1. The quantitative estimate of drug-likeness (QED) is 0.901. The van der Waals surface area contributed by atoms with E-state index in [-0.39, 0.29) is 5.41 Å². The predicted octanol–water partition coefficient (Wildman–Crippen LogP) is 3.35. The molecule has 1 aromatic rings. The van der Waals surface area contributed by atoms with E-state index in [1.54, 1.807) is 0 Å². The number of para-hydroxylation sites is 1. The molecule has 1 saturated carbocycles. The van der Waals surface area contributed by atoms with Crippen LogP contribution in [-0.2, 0) is 4.74 Å². The van der Waals surface area contributed by atoms with Crippen molar-refractivity contribution in [2.45, 2.75) is 51.7 Å². The average molecular weight is 289 g/mol. The van der Waals surface area contributed by atoms with Crippen LogP contribution in [-0.4, -0.2) is 31.9 Å². The Kier molecular flexibility index (Phi) is 4.23. The highest BCUT2D eigenvalue weighted by molar-refractivity contribution is 5.38. The van der Waals surface area contributed by atoms with Gasteiger partial charge in [0.1, 0.15) is 5.75 Å². The molecule has 3 nitrogen and oxygen atoms in total. The summed E-state index contributed by atoms with van der Waals surface area (Å²) in [6.45, 7) is 9.38. The number of nitrogens with one attached hydrogen (secondary N) is 1. The molecule has 1 aromatic carbocycles. The zero-order chi connectivity index (χ0) is 14.9. The van der Waals surface area contributed by atoms with Crippen LogP contribution in [0.1, 0.15) is 45.1 Å². The number of benzene rings is 1. The van der Waals surface area contributed by atoms with Gasteiger partial charge in [-0.3, -0.25) is 0 Å². The second kappa shape index (κ2) is 5.98. The van der Waals surface area contributed by atoms with Crippen molar-refractivity contribution >= 4 is 0 Å². The Hall–Kier alpha value is -1.06. The van der Waals surface area contributed by atoms with Crippen molar-refractivity contribution < 1.29 is 9.47 Å². The van der Waals surface area contributed by atoms with Crippen LogP contribution in [0.25, 0.3) is 0 Å². The third-order valence-electron chi connectivity index (χ3n) is 5.24. The minimum absolute atomic E-state index is 0.237. The summed E-state index contributed by atoms with van der Waals surface area (Å²) in [5.74, 6) is 1.63. The minimum Gasteiger partial charge on any atom is -0.493 e. The molecule has 1 aliphatic carbocycles. The SMILES string of the molecule is CCOC1CC(NCC2CCOc3ccccc32)C1(C)C. The van der Waals surface area contributed by atoms with Crippen LogP contribution in [0, 0.1) is 5.41 Å². The fraction of sp³-hybridized carbons (Fsp3) is 0.667. The number of hydrogen-bond acceptors (Lipinski definition) is 3. The van der Waals surface area contributed by atoms with E-state index in [1.165, 1.54) is 5.56 Å². The topological polar surface area (TPSA) is 30.5 Å². The maximum Gasteiger partial charge on any atom is 0.122 e. The predicted molar refractivity (Wildman–Crippen MR) is 84.9 cm³/mol. The summed E-state index contributed by atoms with van der Waals surface area (Å²) in [5.41, 5.74) is 1.59. The summed E-state index contributed by atoms with van der Waals surface area (Å²) in [4.78, 5) is 0. The van der Waals surface area contributed by atoms with Gasteiger partial charge in [0.05, 0.1) is 12.7 Å². The van der Waals surface area contributed by atoms with Crippen molar-refractivity contribution in [2.24, 2.45) is 5.41 Å². The maximum atomic E-state index is 5.81. The van der Waals surface area contributed by atoms with E-state index >= 15 is 0 Å². The molecular formula is C18H27NO2. The van der Waals surface area contributed by atoms with E-state index in [1.807, 2.05) is 0 Å². The molecule has 0 aromatic heterocycles. The number of fused-ring (bicyclic) bond motifs is 1. The first-order valence-electron chi connectivity index (χ1n) is 8.19. The average Bonchev–Trinajstić information content (AvgIpc) is 2.50. The van der Waals surface area contributed by atoms with E-state index in [0.717, 1.165) is 38.3 Å². The second-order valence-corrected chi connectivity index (χ2v) is 6.83. The largest absolute Gasteiger partial charge is 0.493 e. The molecule has 21 heavy (non-hydrogen) atoms. The van der Waals surface area contributed by atoms with Gasteiger partial charge in [-0.1, -0.05) is 32.0 Å². The summed E-state index contributed by atoms with van der Waals surface area (Å²) in [6, 6.07) is 9.01. The van der Waals surface area contributed by atoms with Gasteiger partial charge in [0, 0.05) is 30.5 Å². The monoisotopic (exact) mass is 289 g/mol. The van der Waals surface area contributed by atoms with Crippen molar-refractivity contribution in [1.29, 1.82) is 0 Å². The highest BCUT2D eigenvalue weighted by Crippen LogP contribution is 2.43. The van der Waals surface area contributed by atoms with E-state index < -0.39 is 0 Å². The summed E-state index contributed by atoms with van der Waals surface area (Å²) in [7, 11) is 0. The first kappa shape index (κ1) is 14.9. The molecule has 3 atom stereocenters. The third kappa shape index (κ3) is 2.82. The summed E-state index contributed by atoms with van der Waals surface area (Å²) in [6.07, 6.45) is 2.64.